The van der Waals surface area contributed by atoms with Gasteiger partial charge in [-0.2, -0.15) is 0 Å². The van der Waals surface area contributed by atoms with Crippen LogP contribution < -0.4 is 10.6 Å². The van der Waals surface area contributed by atoms with E-state index in [1.807, 2.05) is 6.92 Å². The minimum Gasteiger partial charge on any atom is -0.478 e. The Bertz CT molecular complexity index is 704. The summed E-state index contributed by atoms with van der Waals surface area (Å²) in [4.78, 5) is 26.6. The lowest BCUT2D eigenvalue weighted by Gasteiger charge is -2.09. The van der Waals surface area contributed by atoms with Gasteiger partial charge in [0.25, 0.3) is 0 Å². The second kappa shape index (κ2) is 6.23. The fraction of sp³-hybridized carbons (Fsp3) is 0.0714. The van der Waals surface area contributed by atoms with Gasteiger partial charge in [-0.3, -0.25) is 4.98 Å². The van der Waals surface area contributed by atoms with Gasteiger partial charge >= 0.3 is 12.0 Å². The first-order valence-corrected chi connectivity index (χ1v) is 6.36. The molecule has 6 nitrogen and oxygen atoms in total. The fourth-order valence-electron chi connectivity index (χ4n) is 1.66. The molecule has 0 spiro atoms. The zero-order chi connectivity index (χ0) is 15.4. The van der Waals surface area contributed by atoms with Crippen LogP contribution in [0, 0.1) is 6.92 Å². The van der Waals surface area contributed by atoms with Crippen molar-refractivity contribution >= 4 is 35.0 Å². The van der Waals surface area contributed by atoms with Crippen molar-refractivity contribution in [2.24, 2.45) is 0 Å². The molecule has 0 radical (unpaired) electrons. The largest absolute Gasteiger partial charge is 0.478 e. The third kappa shape index (κ3) is 3.93. The third-order valence-corrected chi connectivity index (χ3v) is 2.91. The smallest absolute Gasteiger partial charge is 0.335 e. The number of rotatable bonds is 3. The molecule has 2 rings (SSSR count). The SMILES string of the molecule is Cc1cncc(NC(=O)Nc2ccc(C(=O)O)cc2Cl)c1. The van der Waals surface area contributed by atoms with Gasteiger partial charge in [0.05, 0.1) is 28.2 Å². The van der Waals surface area contributed by atoms with Crippen LogP contribution >= 0.6 is 11.6 Å². The first-order chi connectivity index (χ1) is 9.95. The number of hydrogen-bond donors (Lipinski definition) is 3. The summed E-state index contributed by atoms with van der Waals surface area (Å²) in [6.07, 6.45) is 3.19. The van der Waals surface area contributed by atoms with Gasteiger partial charge in [0.15, 0.2) is 0 Å². The maximum Gasteiger partial charge on any atom is 0.335 e. The summed E-state index contributed by atoms with van der Waals surface area (Å²) in [5, 5.41) is 14.1. The molecule has 1 aromatic heterocycles. The molecule has 2 amide bonds. The Kier molecular flexibility index (Phi) is 4.39. The van der Waals surface area contributed by atoms with E-state index in [9.17, 15) is 9.59 Å². The summed E-state index contributed by atoms with van der Waals surface area (Å²) in [5.41, 5.74) is 1.83. The lowest BCUT2D eigenvalue weighted by Crippen LogP contribution is -2.19. The summed E-state index contributed by atoms with van der Waals surface area (Å²) in [7, 11) is 0. The van der Waals surface area contributed by atoms with E-state index < -0.39 is 12.0 Å². The molecule has 108 valence electrons. The average molecular weight is 306 g/mol. The van der Waals surface area contributed by atoms with E-state index >= 15 is 0 Å². The van der Waals surface area contributed by atoms with Crippen molar-refractivity contribution in [1.29, 1.82) is 0 Å². The molecule has 0 bridgehead atoms. The number of carboxylic acids is 1. The average Bonchev–Trinajstić information content (AvgIpc) is 2.40. The molecule has 0 aliphatic heterocycles. The molecule has 0 aliphatic carbocycles. The highest BCUT2D eigenvalue weighted by Crippen LogP contribution is 2.23. The normalized spacial score (nSPS) is 10.0. The quantitative estimate of drug-likeness (QED) is 0.810. The number of aryl methyl sites for hydroxylation is 1. The topological polar surface area (TPSA) is 91.3 Å². The Morgan fingerprint density at radius 3 is 2.57 bits per heavy atom. The molecule has 1 aromatic carbocycles. The van der Waals surface area contributed by atoms with Crippen molar-refractivity contribution < 1.29 is 14.7 Å². The standard InChI is InChI=1S/C14H12ClN3O3/c1-8-4-10(7-16-6-8)17-14(21)18-12-3-2-9(13(19)20)5-11(12)15/h2-7H,1H3,(H,19,20)(H2,17,18,21). The lowest BCUT2D eigenvalue weighted by molar-refractivity contribution is 0.0697. The van der Waals surface area contributed by atoms with Crippen LogP contribution in [0.15, 0.2) is 36.7 Å². The number of nitrogens with one attached hydrogen (secondary N) is 2. The number of carbonyl (C=O) groups excluding carboxylic acids is 1. The van der Waals surface area contributed by atoms with Gasteiger partial charge < -0.3 is 15.7 Å². The molecular weight excluding hydrogens is 294 g/mol. The summed E-state index contributed by atoms with van der Waals surface area (Å²) in [5.74, 6) is -1.08. The number of aromatic nitrogens is 1. The number of hydrogen-bond acceptors (Lipinski definition) is 3. The van der Waals surface area contributed by atoms with Crippen LogP contribution in [0.3, 0.4) is 0 Å². The molecule has 0 atom stereocenters. The van der Waals surface area contributed by atoms with Gasteiger partial charge in [-0.1, -0.05) is 11.6 Å². The number of carbonyl (C=O) groups is 2. The number of nitrogens with zero attached hydrogens (tertiary/aromatic N) is 1. The predicted molar refractivity (Wildman–Crippen MR) is 80.0 cm³/mol. The molecule has 0 aliphatic rings. The number of pyridine rings is 1. The highest BCUT2D eigenvalue weighted by Gasteiger charge is 2.09. The number of urea groups is 1. The Morgan fingerprint density at radius 1 is 1.19 bits per heavy atom. The van der Waals surface area contributed by atoms with Gasteiger partial charge in [0.2, 0.25) is 0 Å². The molecule has 21 heavy (non-hydrogen) atoms. The van der Waals surface area contributed by atoms with Crippen LogP contribution in [-0.4, -0.2) is 22.1 Å². The number of halogens is 1. The van der Waals surface area contributed by atoms with E-state index in [2.05, 4.69) is 15.6 Å². The number of anilines is 2. The van der Waals surface area contributed by atoms with Crippen molar-refractivity contribution in [2.75, 3.05) is 10.6 Å². The van der Waals surface area contributed by atoms with Crippen LogP contribution in [0.25, 0.3) is 0 Å². The molecule has 7 heteroatoms. The minimum absolute atomic E-state index is 0.0499. The van der Waals surface area contributed by atoms with Crippen LogP contribution in [0.2, 0.25) is 5.02 Å². The first kappa shape index (κ1) is 14.8. The predicted octanol–water partition coefficient (Wildman–Crippen LogP) is 3.39. The highest BCUT2D eigenvalue weighted by molar-refractivity contribution is 6.34. The van der Waals surface area contributed by atoms with E-state index in [0.29, 0.717) is 11.4 Å². The summed E-state index contributed by atoms with van der Waals surface area (Å²) >= 11 is 5.93. The van der Waals surface area contributed by atoms with Gasteiger partial charge in [-0.05, 0) is 36.8 Å². The van der Waals surface area contributed by atoms with Crippen LogP contribution in [0.1, 0.15) is 15.9 Å². The van der Waals surface area contributed by atoms with Gasteiger partial charge in [-0.25, -0.2) is 9.59 Å². The van der Waals surface area contributed by atoms with Crippen molar-refractivity contribution in [3.63, 3.8) is 0 Å². The molecule has 0 fully saturated rings. The molecule has 1 heterocycles. The van der Waals surface area contributed by atoms with E-state index in [-0.39, 0.29) is 10.6 Å². The monoisotopic (exact) mass is 305 g/mol. The zero-order valence-electron chi connectivity index (χ0n) is 11.1. The number of amides is 2. The van der Waals surface area contributed by atoms with Crippen molar-refractivity contribution in [2.45, 2.75) is 6.92 Å². The van der Waals surface area contributed by atoms with E-state index in [4.69, 9.17) is 16.7 Å². The van der Waals surface area contributed by atoms with Crippen LogP contribution in [0.5, 0.6) is 0 Å². The molecule has 0 unspecified atom stereocenters. The molecule has 0 saturated carbocycles. The fourth-order valence-corrected chi connectivity index (χ4v) is 1.89. The lowest BCUT2D eigenvalue weighted by atomic mass is 10.2. The van der Waals surface area contributed by atoms with Gasteiger partial charge in [-0.15, -0.1) is 0 Å². The van der Waals surface area contributed by atoms with E-state index in [1.165, 1.54) is 24.4 Å². The van der Waals surface area contributed by atoms with Crippen molar-refractivity contribution in [3.8, 4) is 0 Å². The minimum atomic E-state index is -1.08. The van der Waals surface area contributed by atoms with E-state index in [1.54, 1.807) is 12.3 Å². The van der Waals surface area contributed by atoms with Crippen LogP contribution in [-0.2, 0) is 0 Å². The highest BCUT2D eigenvalue weighted by atomic mass is 35.5. The van der Waals surface area contributed by atoms with Gasteiger partial charge in [0.1, 0.15) is 0 Å². The molecule has 2 aromatic rings. The Labute approximate surface area is 125 Å². The summed E-state index contributed by atoms with van der Waals surface area (Å²) in [6.45, 7) is 1.86. The summed E-state index contributed by atoms with van der Waals surface area (Å²) < 4.78 is 0. The first-order valence-electron chi connectivity index (χ1n) is 5.98. The van der Waals surface area contributed by atoms with E-state index in [0.717, 1.165) is 5.56 Å². The summed E-state index contributed by atoms with van der Waals surface area (Å²) in [6, 6.07) is 5.33. The Hall–Kier alpha value is -2.60. The molecular formula is C14H12ClN3O3. The Morgan fingerprint density at radius 2 is 1.95 bits per heavy atom. The second-order valence-corrected chi connectivity index (χ2v) is 4.74. The Balaban J connectivity index is 2.08. The maximum absolute atomic E-state index is 11.8. The molecule has 0 saturated heterocycles. The number of benzene rings is 1. The number of carboxylic acid groups (broad SMARTS) is 1. The van der Waals surface area contributed by atoms with Crippen LogP contribution in [0.4, 0.5) is 16.2 Å². The second-order valence-electron chi connectivity index (χ2n) is 4.33. The van der Waals surface area contributed by atoms with Crippen molar-refractivity contribution in [3.05, 3.63) is 52.8 Å². The maximum atomic E-state index is 11.8. The van der Waals surface area contributed by atoms with Crippen molar-refractivity contribution in [1.82, 2.24) is 4.98 Å². The molecule has 3 N–H and O–H groups in total. The number of aromatic carboxylic acids is 1. The zero-order valence-corrected chi connectivity index (χ0v) is 11.8. The third-order valence-electron chi connectivity index (χ3n) is 2.60. The van der Waals surface area contributed by atoms with Gasteiger partial charge in [0, 0.05) is 6.20 Å².